The number of thiophene rings is 1. The van der Waals surface area contributed by atoms with E-state index in [0.29, 0.717) is 43.5 Å². The van der Waals surface area contributed by atoms with Crippen LogP contribution in [0.3, 0.4) is 0 Å². The van der Waals surface area contributed by atoms with Crippen molar-refractivity contribution >= 4 is 28.2 Å². The van der Waals surface area contributed by atoms with Gasteiger partial charge in [-0.2, -0.15) is 0 Å². The molecular formula is C31H37N3O7S. The Kier molecular flexibility index (Phi) is 9.51. The predicted molar refractivity (Wildman–Crippen MR) is 160 cm³/mol. The highest BCUT2D eigenvalue weighted by molar-refractivity contribution is 7.16. The fourth-order valence-electron chi connectivity index (χ4n) is 5.53. The lowest BCUT2D eigenvalue weighted by Crippen LogP contribution is -2.41. The van der Waals surface area contributed by atoms with E-state index in [4.69, 9.17) is 14.2 Å². The van der Waals surface area contributed by atoms with Crippen LogP contribution in [-0.4, -0.2) is 66.6 Å². The lowest BCUT2D eigenvalue weighted by Gasteiger charge is -2.36. The molecule has 0 spiro atoms. The van der Waals surface area contributed by atoms with E-state index in [0.717, 1.165) is 41.0 Å². The second kappa shape index (κ2) is 13.5. The minimum atomic E-state index is -0.975. The maximum absolute atomic E-state index is 13.2. The Morgan fingerprint density at radius 2 is 1.93 bits per heavy atom. The summed E-state index contributed by atoms with van der Waals surface area (Å²) in [5.74, 6) is -0.312. The number of rotatable bonds is 11. The first-order valence-electron chi connectivity index (χ1n) is 14.3. The number of carbonyl (C=O) groups is 2. The van der Waals surface area contributed by atoms with Crippen molar-refractivity contribution in [3.05, 3.63) is 69.6 Å². The fourth-order valence-corrected chi connectivity index (χ4v) is 6.95. The number of hydrogen-bond acceptors (Lipinski definition) is 9. The number of phenols is 1. The van der Waals surface area contributed by atoms with Gasteiger partial charge < -0.3 is 35.1 Å². The molecule has 1 amide bonds. The molecule has 2 atom stereocenters. The van der Waals surface area contributed by atoms with Gasteiger partial charge in [0.05, 0.1) is 30.9 Å². The van der Waals surface area contributed by atoms with Gasteiger partial charge in [0.1, 0.15) is 28.5 Å². The number of nitrogens with zero attached hydrogens (tertiary/aromatic N) is 1. The molecule has 0 radical (unpaired) electrons. The first-order chi connectivity index (χ1) is 20.4. The van der Waals surface area contributed by atoms with Crippen molar-refractivity contribution in [1.29, 1.82) is 0 Å². The third-order valence-electron chi connectivity index (χ3n) is 7.64. The average molecular weight is 596 g/mol. The normalized spacial score (nSPS) is 18.6. The van der Waals surface area contributed by atoms with Gasteiger partial charge in [0.2, 0.25) is 0 Å². The van der Waals surface area contributed by atoms with Gasteiger partial charge in [-0.1, -0.05) is 12.1 Å². The molecule has 1 fully saturated rings. The summed E-state index contributed by atoms with van der Waals surface area (Å²) in [5.41, 5.74) is 2.29. The van der Waals surface area contributed by atoms with Crippen LogP contribution < -0.4 is 20.1 Å². The van der Waals surface area contributed by atoms with Gasteiger partial charge in [0.15, 0.2) is 0 Å². The van der Waals surface area contributed by atoms with E-state index in [9.17, 15) is 19.8 Å². The summed E-state index contributed by atoms with van der Waals surface area (Å²) in [7, 11) is 1.63. The highest BCUT2D eigenvalue weighted by Crippen LogP contribution is 2.43. The lowest BCUT2D eigenvalue weighted by molar-refractivity contribution is 0.0344. The van der Waals surface area contributed by atoms with Crippen molar-refractivity contribution in [2.45, 2.75) is 51.4 Å². The molecule has 224 valence electrons. The van der Waals surface area contributed by atoms with Gasteiger partial charge in [-0.3, -0.25) is 9.69 Å². The molecule has 2 aliphatic rings. The number of aromatic carboxylic acids is 1. The smallest absolute Gasteiger partial charge is 0.338 e. The highest BCUT2D eigenvalue weighted by Gasteiger charge is 2.35. The van der Waals surface area contributed by atoms with Crippen LogP contribution in [0.4, 0.5) is 5.00 Å². The Bertz CT molecular complexity index is 1400. The quantitative estimate of drug-likeness (QED) is 0.241. The standard InChI is InChI=1S/C31H37N3O7S/c1-3-40-21-11-12-22(25(35)16-21)29(36)32-17-24-28-23(13-14-34(24)18-19-7-9-20(39-2)10-8-19)27(31(37)38)30(42-28)33-26-6-4-5-15-41-26/h7-12,16,24,26,33,35H,3-6,13-15,17-18H2,1-2H3,(H,32,36)(H,37,38). The van der Waals surface area contributed by atoms with Crippen molar-refractivity contribution < 1.29 is 34.0 Å². The number of amides is 1. The largest absolute Gasteiger partial charge is 0.507 e. The van der Waals surface area contributed by atoms with E-state index >= 15 is 0 Å². The van der Waals surface area contributed by atoms with Crippen molar-refractivity contribution in [3.8, 4) is 17.2 Å². The van der Waals surface area contributed by atoms with Crippen LogP contribution in [0.5, 0.6) is 17.2 Å². The van der Waals surface area contributed by atoms with Gasteiger partial charge >= 0.3 is 5.97 Å². The second-order valence-electron chi connectivity index (χ2n) is 10.4. The summed E-state index contributed by atoms with van der Waals surface area (Å²) >= 11 is 1.42. The minimum absolute atomic E-state index is 0.144. The van der Waals surface area contributed by atoms with Crippen LogP contribution in [-0.2, 0) is 17.7 Å². The first-order valence-corrected chi connectivity index (χ1v) is 15.1. The van der Waals surface area contributed by atoms with E-state index < -0.39 is 11.9 Å². The number of nitrogens with one attached hydrogen (secondary N) is 2. The molecule has 4 N–H and O–H groups in total. The van der Waals surface area contributed by atoms with Gasteiger partial charge in [-0.25, -0.2) is 4.79 Å². The minimum Gasteiger partial charge on any atom is -0.507 e. The molecular weight excluding hydrogens is 558 g/mol. The van der Waals surface area contributed by atoms with Crippen molar-refractivity contribution in [2.24, 2.45) is 0 Å². The lowest BCUT2D eigenvalue weighted by atomic mass is 9.96. The second-order valence-corrected chi connectivity index (χ2v) is 11.4. The maximum Gasteiger partial charge on any atom is 0.338 e. The van der Waals surface area contributed by atoms with Gasteiger partial charge in [-0.15, -0.1) is 11.3 Å². The molecule has 2 aliphatic heterocycles. The summed E-state index contributed by atoms with van der Waals surface area (Å²) in [5, 5.41) is 27.6. The zero-order valence-corrected chi connectivity index (χ0v) is 24.7. The molecule has 0 aliphatic carbocycles. The number of carboxylic acid groups (broad SMARTS) is 1. The topological polar surface area (TPSA) is 130 Å². The van der Waals surface area contributed by atoms with E-state index in [1.54, 1.807) is 13.2 Å². The third-order valence-corrected chi connectivity index (χ3v) is 8.91. The summed E-state index contributed by atoms with van der Waals surface area (Å²) in [6.07, 6.45) is 3.18. The molecule has 42 heavy (non-hydrogen) atoms. The molecule has 11 heteroatoms. The van der Waals surface area contributed by atoms with Crippen LogP contribution >= 0.6 is 11.3 Å². The van der Waals surface area contributed by atoms with Crippen molar-refractivity contribution in [2.75, 3.05) is 38.7 Å². The van der Waals surface area contributed by atoms with E-state index in [-0.39, 0.29) is 35.7 Å². The number of fused-ring (bicyclic) bond motifs is 1. The SMILES string of the molecule is CCOc1ccc(C(=O)NCC2c3sc(NC4CCCCO4)c(C(=O)O)c3CCN2Cc2ccc(OC)cc2)c(O)c1. The molecule has 3 heterocycles. The van der Waals surface area contributed by atoms with E-state index in [1.165, 1.54) is 23.5 Å². The molecule has 5 rings (SSSR count). The Morgan fingerprint density at radius 3 is 2.60 bits per heavy atom. The van der Waals surface area contributed by atoms with Crippen molar-refractivity contribution in [1.82, 2.24) is 10.2 Å². The Morgan fingerprint density at radius 1 is 1.14 bits per heavy atom. The summed E-state index contributed by atoms with van der Waals surface area (Å²) in [4.78, 5) is 28.9. The predicted octanol–water partition coefficient (Wildman–Crippen LogP) is 5.03. The third kappa shape index (κ3) is 6.64. The van der Waals surface area contributed by atoms with Crippen LogP contribution in [0, 0.1) is 0 Å². The molecule has 2 aromatic carbocycles. The number of carboxylic acids is 1. The monoisotopic (exact) mass is 595 g/mol. The Balaban J connectivity index is 1.43. The maximum atomic E-state index is 13.2. The summed E-state index contributed by atoms with van der Waals surface area (Å²) in [6, 6.07) is 12.2. The van der Waals surface area contributed by atoms with Gasteiger partial charge in [0, 0.05) is 37.2 Å². The number of aromatic hydroxyl groups is 1. The van der Waals surface area contributed by atoms with Gasteiger partial charge in [0.25, 0.3) is 5.91 Å². The number of benzene rings is 2. The summed E-state index contributed by atoms with van der Waals surface area (Å²) in [6.45, 7) is 4.39. The molecule has 10 nitrogen and oxygen atoms in total. The molecule has 2 unspecified atom stereocenters. The molecule has 0 saturated carbocycles. The zero-order valence-electron chi connectivity index (χ0n) is 23.9. The fraction of sp³-hybridized carbons (Fsp3) is 0.419. The average Bonchev–Trinajstić information content (AvgIpc) is 3.36. The van der Waals surface area contributed by atoms with Crippen molar-refractivity contribution in [3.63, 3.8) is 0 Å². The number of anilines is 1. The van der Waals surface area contributed by atoms with Crippen LogP contribution in [0.1, 0.15) is 68.9 Å². The number of phenolic OH excluding ortho intramolecular Hbond substituents is 1. The number of hydrogen-bond donors (Lipinski definition) is 4. The Labute approximate surface area is 249 Å². The molecule has 1 saturated heterocycles. The molecule has 1 aromatic heterocycles. The number of ether oxygens (including phenoxy) is 3. The number of carbonyl (C=O) groups excluding carboxylic acids is 1. The van der Waals surface area contributed by atoms with E-state index in [2.05, 4.69) is 15.5 Å². The zero-order chi connectivity index (χ0) is 29.6. The van der Waals surface area contributed by atoms with Crippen LogP contribution in [0.15, 0.2) is 42.5 Å². The molecule has 3 aromatic rings. The van der Waals surface area contributed by atoms with Crippen LogP contribution in [0.25, 0.3) is 0 Å². The molecule has 0 bridgehead atoms. The van der Waals surface area contributed by atoms with Crippen LogP contribution in [0.2, 0.25) is 0 Å². The Hall–Kier alpha value is -3.80. The number of methoxy groups -OCH3 is 1. The van der Waals surface area contributed by atoms with E-state index in [1.807, 2.05) is 31.2 Å². The first kappa shape index (κ1) is 29.7. The summed E-state index contributed by atoms with van der Waals surface area (Å²) < 4.78 is 16.6. The highest BCUT2D eigenvalue weighted by atomic mass is 32.1. The van der Waals surface area contributed by atoms with Gasteiger partial charge in [-0.05, 0) is 68.0 Å².